The van der Waals surface area contributed by atoms with Gasteiger partial charge >= 0.3 is 0 Å². The molecule has 0 fully saturated rings. The van der Waals surface area contributed by atoms with Gasteiger partial charge in [-0.2, -0.15) is 10.2 Å². The second-order valence-corrected chi connectivity index (χ2v) is 10.5. The molecule has 9 nitrogen and oxygen atoms in total. The summed E-state index contributed by atoms with van der Waals surface area (Å²) in [6.45, 7) is 6.55. The number of halogens is 1. The van der Waals surface area contributed by atoms with Crippen LogP contribution in [0.2, 0.25) is 5.02 Å². The molecule has 0 bridgehead atoms. The van der Waals surface area contributed by atoms with Crippen molar-refractivity contribution >= 4 is 52.2 Å². The van der Waals surface area contributed by atoms with E-state index in [2.05, 4.69) is 31.1 Å². The standard InChI is InChI=1S/C29H30ClN7O2S/c1-4-37-27(26(19(2)3)32-28(39)23-12-8-9-13-24(23)30)35-36-29(37)40-18-25(38)31-20-14-16-22(17-15-20)34-33-21-10-6-5-7-11-21/h5-17,19,26H,4,18H2,1-3H3,(H,31,38)(H,32,39)/t26-/m0/s1. The summed E-state index contributed by atoms with van der Waals surface area (Å²) in [5.41, 5.74) is 2.50. The summed E-state index contributed by atoms with van der Waals surface area (Å²) in [6.07, 6.45) is 0. The van der Waals surface area contributed by atoms with Gasteiger partial charge in [0.25, 0.3) is 5.91 Å². The maximum Gasteiger partial charge on any atom is 0.253 e. The molecule has 4 aromatic rings. The van der Waals surface area contributed by atoms with E-state index in [1.165, 1.54) is 11.8 Å². The van der Waals surface area contributed by atoms with Crippen molar-refractivity contribution in [2.45, 2.75) is 38.5 Å². The summed E-state index contributed by atoms with van der Waals surface area (Å²) in [7, 11) is 0. The number of hydrogen-bond acceptors (Lipinski definition) is 7. The van der Waals surface area contributed by atoms with Crippen LogP contribution in [0.15, 0.2) is 94.2 Å². The van der Waals surface area contributed by atoms with Crippen molar-refractivity contribution in [1.82, 2.24) is 20.1 Å². The van der Waals surface area contributed by atoms with Gasteiger partial charge in [0, 0.05) is 12.2 Å². The van der Waals surface area contributed by atoms with Crippen LogP contribution in [0.1, 0.15) is 43.0 Å². The number of anilines is 1. The Kier molecular flexibility index (Phi) is 10.0. The van der Waals surface area contributed by atoms with Crippen molar-refractivity contribution in [3.63, 3.8) is 0 Å². The number of carbonyl (C=O) groups excluding carboxylic acids is 2. The molecule has 4 rings (SSSR count). The summed E-state index contributed by atoms with van der Waals surface area (Å²) >= 11 is 7.51. The molecule has 1 heterocycles. The van der Waals surface area contributed by atoms with E-state index in [0.29, 0.717) is 39.5 Å². The van der Waals surface area contributed by atoms with Crippen LogP contribution in [0.3, 0.4) is 0 Å². The van der Waals surface area contributed by atoms with Crippen LogP contribution in [0.25, 0.3) is 0 Å². The molecule has 0 radical (unpaired) electrons. The largest absolute Gasteiger partial charge is 0.342 e. The van der Waals surface area contributed by atoms with E-state index < -0.39 is 6.04 Å². The highest BCUT2D eigenvalue weighted by molar-refractivity contribution is 7.99. The minimum Gasteiger partial charge on any atom is -0.342 e. The lowest BCUT2D eigenvalue weighted by molar-refractivity contribution is -0.113. The molecule has 3 aromatic carbocycles. The topological polar surface area (TPSA) is 114 Å². The lowest BCUT2D eigenvalue weighted by Crippen LogP contribution is -2.34. The number of rotatable bonds is 11. The van der Waals surface area contributed by atoms with Gasteiger partial charge in [-0.1, -0.05) is 67.5 Å². The predicted molar refractivity (Wildman–Crippen MR) is 159 cm³/mol. The average Bonchev–Trinajstić information content (AvgIpc) is 3.37. The highest BCUT2D eigenvalue weighted by Crippen LogP contribution is 2.27. The average molecular weight is 576 g/mol. The Morgan fingerprint density at radius 2 is 1.57 bits per heavy atom. The number of amides is 2. The van der Waals surface area contributed by atoms with E-state index in [9.17, 15) is 9.59 Å². The number of hydrogen-bond donors (Lipinski definition) is 2. The Morgan fingerprint density at radius 1 is 0.925 bits per heavy atom. The predicted octanol–water partition coefficient (Wildman–Crippen LogP) is 7.22. The zero-order valence-corrected chi connectivity index (χ0v) is 24.0. The first-order valence-corrected chi connectivity index (χ1v) is 14.2. The van der Waals surface area contributed by atoms with Crippen LogP contribution in [-0.2, 0) is 11.3 Å². The molecule has 0 spiro atoms. The van der Waals surface area contributed by atoms with Crippen LogP contribution in [0.4, 0.5) is 17.1 Å². The Morgan fingerprint density at radius 3 is 2.23 bits per heavy atom. The number of carbonyl (C=O) groups is 2. The van der Waals surface area contributed by atoms with Gasteiger partial charge in [0.05, 0.1) is 33.8 Å². The van der Waals surface area contributed by atoms with Gasteiger partial charge in [-0.05, 0) is 61.4 Å². The van der Waals surface area contributed by atoms with Crippen LogP contribution in [0, 0.1) is 5.92 Å². The first-order valence-electron chi connectivity index (χ1n) is 12.8. The molecule has 0 aliphatic rings. The SMILES string of the molecule is CCn1c(SCC(=O)Nc2ccc(N=Nc3ccccc3)cc2)nnc1[C@@H](NC(=O)c1ccccc1Cl)C(C)C. The zero-order valence-electron chi connectivity index (χ0n) is 22.4. The fourth-order valence-electron chi connectivity index (χ4n) is 3.88. The molecular weight excluding hydrogens is 546 g/mol. The Balaban J connectivity index is 1.37. The summed E-state index contributed by atoms with van der Waals surface area (Å²) in [4.78, 5) is 25.6. The molecule has 1 aromatic heterocycles. The van der Waals surface area contributed by atoms with Gasteiger partial charge in [0.1, 0.15) is 0 Å². The van der Waals surface area contributed by atoms with Crippen molar-refractivity contribution in [3.05, 3.63) is 95.3 Å². The lowest BCUT2D eigenvalue weighted by Gasteiger charge is -2.22. The minimum absolute atomic E-state index is 0.0392. The molecule has 206 valence electrons. The quantitative estimate of drug-likeness (QED) is 0.145. The van der Waals surface area contributed by atoms with Gasteiger partial charge in [-0.3, -0.25) is 9.59 Å². The Hall–Kier alpha value is -4.02. The van der Waals surface area contributed by atoms with Crippen LogP contribution in [-0.4, -0.2) is 32.3 Å². The third kappa shape index (κ3) is 7.55. The van der Waals surface area contributed by atoms with Gasteiger partial charge in [-0.25, -0.2) is 0 Å². The first kappa shape index (κ1) is 29.0. The zero-order chi connectivity index (χ0) is 28.5. The summed E-state index contributed by atoms with van der Waals surface area (Å²) in [5.74, 6) is 0.351. The highest BCUT2D eigenvalue weighted by Gasteiger charge is 2.26. The number of aromatic nitrogens is 3. The molecule has 0 aliphatic heterocycles. The molecular formula is C29H30ClN7O2S. The molecule has 1 atom stereocenters. The van der Waals surface area contributed by atoms with Crippen LogP contribution >= 0.6 is 23.4 Å². The molecule has 0 saturated carbocycles. The van der Waals surface area contributed by atoms with Gasteiger partial charge in [0.2, 0.25) is 5.91 Å². The number of benzene rings is 3. The fraction of sp³-hybridized carbons (Fsp3) is 0.241. The fourth-order valence-corrected chi connectivity index (χ4v) is 4.91. The van der Waals surface area contributed by atoms with E-state index in [1.54, 1.807) is 48.5 Å². The molecule has 2 N–H and O–H groups in total. The highest BCUT2D eigenvalue weighted by atomic mass is 35.5. The molecule has 0 aliphatic carbocycles. The van der Waals surface area contributed by atoms with Crippen molar-refractivity contribution in [3.8, 4) is 0 Å². The summed E-state index contributed by atoms with van der Waals surface area (Å²) in [5, 5.41) is 24.0. The minimum atomic E-state index is -0.392. The molecule has 0 saturated heterocycles. The van der Waals surface area contributed by atoms with Crippen molar-refractivity contribution in [1.29, 1.82) is 0 Å². The monoisotopic (exact) mass is 575 g/mol. The van der Waals surface area contributed by atoms with E-state index in [4.69, 9.17) is 11.6 Å². The van der Waals surface area contributed by atoms with Crippen LogP contribution < -0.4 is 10.6 Å². The van der Waals surface area contributed by atoms with E-state index >= 15 is 0 Å². The van der Waals surface area contributed by atoms with Crippen LogP contribution in [0.5, 0.6) is 0 Å². The van der Waals surface area contributed by atoms with Crippen molar-refractivity contribution in [2.24, 2.45) is 16.1 Å². The third-order valence-electron chi connectivity index (χ3n) is 5.93. The van der Waals surface area contributed by atoms with E-state index in [-0.39, 0.29) is 23.5 Å². The second kappa shape index (κ2) is 13.9. The number of nitrogens with one attached hydrogen (secondary N) is 2. The maximum absolute atomic E-state index is 12.9. The van der Waals surface area contributed by atoms with Crippen molar-refractivity contribution < 1.29 is 9.59 Å². The normalized spacial score (nSPS) is 12.0. The molecule has 2 amide bonds. The second-order valence-electron chi connectivity index (χ2n) is 9.18. The van der Waals surface area contributed by atoms with E-state index in [0.717, 1.165) is 5.69 Å². The van der Waals surface area contributed by atoms with E-state index in [1.807, 2.05) is 55.7 Å². The number of thioether (sulfide) groups is 1. The Bertz CT molecular complexity index is 1470. The molecule has 40 heavy (non-hydrogen) atoms. The molecule has 11 heteroatoms. The lowest BCUT2D eigenvalue weighted by atomic mass is 10.0. The third-order valence-corrected chi connectivity index (χ3v) is 7.23. The summed E-state index contributed by atoms with van der Waals surface area (Å²) in [6, 6.07) is 23.1. The van der Waals surface area contributed by atoms with Gasteiger partial charge in [-0.15, -0.1) is 10.2 Å². The van der Waals surface area contributed by atoms with Gasteiger partial charge in [0.15, 0.2) is 11.0 Å². The first-order chi connectivity index (χ1) is 19.4. The molecule has 0 unspecified atom stereocenters. The van der Waals surface area contributed by atoms with Crippen molar-refractivity contribution in [2.75, 3.05) is 11.1 Å². The smallest absolute Gasteiger partial charge is 0.253 e. The summed E-state index contributed by atoms with van der Waals surface area (Å²) < 4.78 is 1.92. The number of nitrogens with zero attached hydrogens (tertiary/aromatic N) is 5. The maximum atomic E-state index is 12.9. The van der Waals surface area contributed by atoms with Gasteiger partial charge < -0.3 is 15.2 Å². The Labute approximate surface area is 242 Å². The number of azo groups is 1.